The summed E-state index contributed by atoms with van der Waals surface area (Å²) in [5.41, 5.74) is 1.12. The molecule has 0 aliphatic heterocycles. The molecule has 1 fully saturated rings. The van der Waals surface area contributed by atoms with Crippen molar-refractivity contribution in [2.75, 3.05) is 13.7 Å². The minimum Gasteiger partial charge on any atom is -0.480 e. The summed E-state index contributed by atoms with van der Waals surface area (Å²) in [4.78, 5) is 0. The Bertz CT molecular complexity index is 439. The van der Waals surface area contributed by atoms with Crippen molar-refractivity contribution in [1.29, 1.82) is 0 Å². The summed E-state index contributed by atoms with van der Waals surface area (Å²) >= 11 is 3.59. The van der Waals surface area contributed by atoms with Crippen LogP contribution in [0.25, 0.3) is 0 Å². The molecule has 0 radical (unpaired) electrons. The molecule has 0 bridgehead atoms. The highest BCUT2D eigenvalue weighted by atomic mass is 79.9. The zero-order chi connectivity index (χ0) is 14.0. The first-order chi connectivity index (χ1) is 8.92. The van der Waals surface area contributed by atoms with Gasteiger partial charge in [0.15, 0.2) is 0 Å². The summed E-state index contributed by atoms with van der Waals surface area (Å²) in [5, 5.41) is 4.61. The molecule has 1 aromatic rings. The number of ether oxygens (including phenoxy) is 2. The van der Waals surface area contributed by atoms with Crippen LogP contribution in [-0.4, -0.2) is 31.6 Å². The fourth-order valence-electron chi connectivity index (χ4n) is 1.87. The smallest absolute Gasteiger partial charge is 0.228 e. The standard InChI is InChI=1S/C13H23BrN2O2Si/c1-17-13-11(14)12(10-5-6-10)15-16(13)9-18-7-8-19(2,3)4/h10H,5-9H2,1-4H3. The Hall–Kier alpha value is -0.333. The van der Waals surface area contributed by atoms with E-state index in [2.05, 4.69) is 40.7 Å². The molecule has 0 atom stereocenters. The SMILES string of the molecule is COc1c(Br)c(C2CC2)nn1COCC[Si](C)(C)C. The zero-order valence-corrected chi connectivity index (χ0v) is 14.8. The average Bonchev–Trinajstić information content (AvgIpc) is 3.09. The molecular weight excluding hydrogens is 324 g/mol. The Morgan fingerprint density at radius 3 is 2.58 bits per heavy atom. The molecule has 1 aromatic heterocycles. The number of rotatable bonds is 7. The summed E-state index contributed by atoms with van der Waals surface area (Å²) in [7, 11) is 0.652. The van der Waals surface area contributed by atoms with E-state index in [-0.39, 0.29) is 0 Å². The summed E-state index contributed by atoms with van der Waals surface area (Å²) in [6.07, 6.45) is 2.46. The minimum absolute atomic E-state index is 0.471. The molecular formula is C13H23BrN2O2Si. The molecule has 0 amide bonds. The lowest BCUT2D eigenvalue weighted by Crippen LogP contribution is -2.22. The molecule has 1 aliphatic carbocycles. The predicted molar refractivity (Wildman–Crippen MR) is 82.6 cm³/mol. The zero-order valence-electron chi connectivity index (χ0n) is 12.2. The van der Waals surface area contributed by atoms with Gasteiger partial charge in [-0.15, -0.1) is 0 Å². The van der Waals surface area contributed by atoms with Crippen molar-refractivity contribution in [2.45, 2.75) is 51.2 Å². The number of hydrogen-bond acceptors (Lipinski definition) is 3. The van der Waals surface area contributed by atoms with Crippen molar-refractivity contribution in [2.24, 2.45) is 0 Å². The second-order valence-electron chi connectivity index (χ2n) is 6.33. The average molecular weight is 347 g/mol. The highest BCUT2D eigenvalue weighted by Gasteiger charge is 2.31. The van der Waals surface area contributed by atoms with Crippen molar-refractivity contribution in [3.8, 4) is 5.88 Å². The number of hydrogen-bond donors (Lipinski definition) is 0. The normalized spacial score (nSPS) is 15.8. The van der Waals surface area contributed by atoms with Gasteiger partial charge < -0.3 is 9.47 Å². The number of methoxy groups -OCH3 is 1. The molecule has 1 aliphatic rings. The molecule has 0 unspecified atom stereocenters. The van der Waals surface area contributed by atoms with Gasteiger partial charge in [-0.25, -0.2) is 4.68 Å². The van der Waals surface area contributed by atoms with Gasteiger partial charge in [-0.3, -0.25) is 0 Å². The van der Waals surface area contributed by atoms with Crippen LogP contribution in [0, 0.1) is 0 Å². The highest BCUT2D eigenvalue weighted by Crippen LogP contribution is 2.45. The van der Waals surface area contributed by atoms with E-state index in [1.165, 1.54) is 18.9 Å². The Morgan fingerprint density at radius 1 is 1.37 bits per heavy atom. The van der Waals surface area contributed by atoms with Gasteiger partial charge in [-0.2, -0.15) is 5.10 Å². The van der Waals surface area contributed by atoms with Crippen LogP contribution in [0.4, 0.5) is 0 Å². The van der Waals surface area contributed by atoms with E-state index in [1.807, 2.05) is 4.68 Å². The van der Waals surface area contributed by atoms with E-state index in [0.717, 1.165) is 22.7 Å². The Morgan fingerprint density at radius 2 is 2.05 bits per heavy atom. The Kier molecular flexibility index (Phi) is 4.73. The lowest BCUT2D eigenvalue weighted by Gasteiger charge is -2.15. The monoisotopic (exact) mass is 346 g/mol. The van der Waals surface area contributed by atoms with Crippen LogP contribution >= 0.6 is 15.9 Å². The first-order valence-corrected chi connectivity index (χ1v) is 11.3. The van der Waals surface area contributed by atoms with Crippen LogP contribution in [-0.2, 0) is 11.5 Å². The quantitative estimate of drug-likeness (QED) is 0.555. The van der Waals surface area contributed by atoms with Gasteiger partial charge in [0.05, 0.1) is 12.8 Å². The minimum atomic E-state index is -1.03. The topological polar surface area (TPSA) is 36.3 Å². The molecule has 108 valence electrons. The van der Waals surface area contributed by atoms with E-state index in [1.54, 1.807) is 7.11 Å². The van der Waals surface area contributed by atoms with Crippen molar-refractivity contribution in [1.82, 2.24) is 9.78 Å². The van der Waals surface area contributed by atoms with Gasteiger partial charge in [-0.05, 0) is 34.8 Å². The summed E-state index contributed by atoms with van der Waals surface area (Å²) in [5.74, 6) is 1.38. The third-order valence-corrected chi connectivity index (χ3v) is 5.69. The maximum atomic E-state index is 5.74. The van der Waals surface area contributed by atoms with Crippen molar-refractivity contribution < 1.29 is 9.47 Å². The largest absolute Gasteiger partial charge is 0.480 e. The first kappa shape index (κ1) is 15.1. The third kappa shape index (κ3) is 4.06. The molecule has 0 spiro atoms. The molecule has 1 saturated carbocycles. The van der Waals surface area contributed by atoms with Crippen LogP contribution in [0.5, 0.6) is 5.88 Å². The molecule has 0 N–H and O–H groups in total. The molecule has 19 heavy (non-hydrogen) atoms. The van der Waals surface area contributed by atoms with E-state index in [9.17, 15) is 0 Å². The molecule has 0 aromatic carbocycles. The number of nitrogens with zero attached hydrogens (tertiary/aromatic N) is 2. The van der Waals surface area contributed by atoms with Crippen molar-refractivity contribution in [3.63, 3.8) is 0 Å². The van der Waals surface area contributed by atoms with Crippen LogP contribution in [0.3, 0.4) is 0 Å². The fraction of sp³-hybridized carbons (Fsp3) is 0.769. The molecule has 0 saturated heterocycles. The summed E-state index contributed by atoms with van der Waals surface area (Å²) in [6, 6.07) is 1.17. The summed E-state index contributed by atoms with van der Waals surface area (Å²) < 4.78 is 14.0. The molecule has 1 heterocycles. The highest BCUT2D eigenvalue weighted by molar-refractivity contribution is 9.10. The maximum absolute atomic E-state index is 5.74. The van der Waals surface area contributed by atoms with E-state index >= 15 is 0 Å². The maximum Gasteiger partial charge on any atom is 0.228 e. The Balaban J connectivity index is 1.94. The molecule has 6 heteroatoms. The van der Waals surface area contributed by atoms with Gasteiger partial charge in [0.2, 0.25) is 5.88 Å². The van der Waals surface area contributed by atoms with Crippen LogP contribution in [0.2, 0.25) is 25.7 Å². The van der Waals surface area contributed by atoms with Gasteiger partial charge in [0.25, 0.3) is 0 Å². The van der Waals surface area contributed by atoms with Gasteiger partial charge >= 0.3 is 0 Å². The molecule has 4 nitrogen and oxygen atoms in total. The lowest BCUT2D eigenvalue weighted by atomic mass is 10.3. The fourth-order valence-corrected chi connectivity index (χ4v) is 3.40. The van der Waals surface area contributed by atoms with Crippen LogP contribution < -0.4 is 4.74 Å². The van der Waals surface area contributed by atoms with Gasteiger partial charge in [0, 0.05) is 20.6 Å². The molecule has 2 rings (SSSR count). The van der Waals surface area contributed by atoms with E-state index in [4.69, 9.17) is 9.47 Å². The van der Waals surface area contributed by atoms with Crippen molar-refractivity contribution >= 4 is 24.0 Å². The number of halogens is 1. The van der Waals surface area contributed by atoms with Gasteiger partial charge in [0.1, 0.15) is 11.2 Å². The lowest BCUT2D eigenvalue weighted by molar-refractivity contribution is 0.0719. The van der Waals surface area contributed by atoms with Crippen molar-refractivity contribution in [3.05, 3.63) is 10.2 Å². The van der Waals surface area contributed by atoms with E-state index in [0.29, 0.717) is 12.6 Å². The third-order valence-electron chi connectivity index (χ3n) is 3.24. The summed E-state index contributed by atoms with van der Waals surface area (Å²) in [6.45, 7) is 8.33. The van der Waals surface area contributed by atoms with Crippen LogP contribution in [0.15, 0.2) is 4.47 Å². The second kappa shape index (κ2) is 5.97. The van der Waals surface area contributed by atoms with E-state index < -0.39 is 8.07 Å². The second-order valence-corrected chi connectivity index (χ2v) is 12.7. The number of aromatic nitrogens is 2. The Labute approximate surface area is 124 Å². The first-order valence-electron chi connectivity index (χ1n) is 6.80. The van der Waals surface area contributed by atoms with Crippen LogP contribution in [0.1, 0.15) is 24.5 Å². The van der Waals surface area contributed by atoms with Gasteiger partial charge in [-0.1, -0.05) is 19.6 Å². The predicted octanol–water partition coefficient (Wildman–Crippen LogP) is 3.84.